The Kier molecular flexibility index (Phi) is 10.4. The smallest absolute Gasteiger partial charge is 0.0822 e. The van der Waals surface area contributed by atoms with Crippen molar-refractivity contribution >= 4 is 11.3 Å². The van der Waals surface area contributed by atoms with Crippen LogP contribution in [0.5, 0.6) is 0 Å². The molecule has 290 valence electrons. The molecule has 9 aromatic rings. The summed E-state index contributed by atoms with van der Waals surface area (Å²) in [6.07, 6.45) is 2.30. The summed E-state index contributed by atoms with van der Waals surface area (Å²) >= 11 is 0. The summed E-state index contributed by atoms with van der Waals surface area (Å²) in [6.45, 7) is 2.31. The largest absolute Gasteiger partial charge is 0.276 e. The lowest BCUT2D eigenvalue weighted by Crippen LogP contribution is -2.18. The van der Waals surface area contributed by atoms with Crippen LogP contribution in [0.4, 0.5) is 0 Å². The third-order valence-electron chi connectivity index (χ3n) is 11.6. The fraction of sp³-hybridized carbons (Fsp3) is 0.0517. The molecule has 0 saturated carbocycles. The maximum atomic E-state index is 5.62. The molecule has 3 heterocycles. The van der Waals surface area contributed by atoms with Crippen molar-refractivity contribution in [3.8, 4) is 67.3 Å². The highest BCUT2D eigenvalue weighted by atomic mass is 14.8. The van der Waals surface area contributed by atoms with E-state index in [2.05, 4.69) is 213 Å². The summed E-state index contributed by atoms with van der Waals surface area (Å²) in [5.41, 5.74) is 18.3. The summed E-state index contributed by atoms with van der Waals surface area (Å²) in [5, 5.41) is 0. The number of allylic oxidation sites excluding steroid dienone is 1. The number of hydrogen-bond acceptors (Lipinski definition) is 3. The normalized spacial score (nSPS) is 14.8. The molecule has 0 amide bonds. The van der Waals surface area contributed by atoms with Crippen molar-refractivity contribution in [3.63, 3.8) is 0 Å². The maximum Gasteiger partial charge on any atom is 0.0822 e. The first-order valence-electron chi connectivity index (χ1n) is 20.9. The van der Waals surface area contributed by atoms with Crippen molar-refractivity contribution in [2.45, 2.75) is 13.0 Å². The van der Waals surface area contributed by atoms with Crippen LogP contribution >= 0.6 is 0 Å². The molecule has 0 bridgehead atoms. The molecule has 0 N–H and O–H groups in total. The molecule has 7 aromatic carbocycles. The minimum Gasteiger partial charge on any atom is -0.276 e. The summed E-state index contributed by atoms with van der Waals surface area (Å²) < 4.78 is 0. The van der Waals surface area contributed by atoms with Gasteiger partial charge in [-0.05, 0) is 81.4 Å². The minimum absolute atomic E-state index is 0.113. The standard InChI is InChI=1S/C58H43N3/c1-40-52(41-19-7-2-8-20-41)39-57(48-31-17-29-46(33-48)50-35-53(42-21-9-3-10-22-42)59-54(36-50)43-23-11-4-12-24-43)61-58(40)49-32-18-30-47(34-49)51-37-55(44-25-13-5-14-26-44)60-56(38-51)45-27-15-6-16-28-45/h2-40,58H,1H3. The van der Waals surface area contributed by atoms with Crippen LogP contribution in [0.2, 0.25) is 0 Å². The topological polar surface area (TPSA) is 38.1 Å². The summed E-state index contributed by atoms with van der Waals surface area (Å²) in [7, 11) is 0. The van der Waals surface area contributed by atoms with E-state index in [1.807, 2.05) is 24.3 Å². The lowest BCUT2D eigenvalue weighted by Gasteiger charge is -2.29. The predicted molar refractivity (Wildman–Crippen MR) is 254 cm³/mol. The number of aromatic nitrogens is 2. The van der Waals surface area contributed by atoms with E-state index in [9.17, 15) is 0 Å². The molecule has 1 aliphatic heterocycles. The second-order valence-electron chi connectivity index (χ2n) is 15.6. The van der Waals surface area contributed by atoms with Crippen LogP contribution in [0.1, 0.15) is 29.7 Å². The molecule has 2 atom stereocenters. The second kappa shape index (κ2) is 16.8. The van der Waals surface area contributed by atoms with E-state index in [4.69, 9.17) is 15.0 Å². The summed E-state index contributed by atoms with van der Waals surface area (Å²) in [4.78, 5) is 15.9. The lowest BCUT2D eigenvalue weighted by molar-refractivity contribution is 0.579. The number of rotatable bonds is 9. The van der Waals surface area contributed by atoms with E-state index in [1.165, 1.54) is 16.7 Å². The van der Waals surface area contributed by atoms with Crippen LogP contribution in [0.3, 0.4) is 0 Å². The van der Waals surface area contributed by atoms with Gasteiger partial charge in [0.15, 0.2) is 0 Å². The van der Waals surface area contributed by atoms with E-state index in [-0.39, 0.29) is 12.0 Å². The quantitative estimate of drug-likeness (QED) is 0.146. The highest BCUT2D eigenvalue weighted by molar-refractivity contribution is 6.14. The minimum atomic E-state index is -0.113. The second-order valence-corrected chi connectivity index (χ2v) is 15.6. The molecule has 0 radical (unpaired) electrons. The lowest BCUT2D eigenvalue weighted by atomic mass is 9.81. The van der Waals surface area contributed by atoms with E-state index >= 15 is 0 Å². The molecule has 1 aliphatic rings. The predicted octanol–water partition coefficient (Wildman–Crippen LogP) is 14.7. The fourth-order valence-corrected chi connectivity index (χ4v) is 8.43. The average molecular weight is 782 g/mol. The van der Waals surface area contributed by atoms with Gasteiger partial charge in [-0.15, -0.1) is 0 Å². The zero-order valence-corrected chi connectivity index (χ0v) is 33.9. The van der Waals surface area contributed by atoms with Gasteiger partial charge in [-0.2, -0.15) is 0 Å². The Labute approximate surface area is 358 Å². The van der Waals surface area contributed by atoms with E-state index < -0.39 is 0 Å². The van der Waals surface area contributed by atoms with Gasteiger partial charge < -0.3 is 0 Å². The number of benzene rings is 7. The monoisotopic (exact) mass is 781 g/mol. The van der Waals surface area contributed by atoms with Crippen molar-refractivity contribution in [1.82, 2.24) is 9.97 Å². The first-order valence-corrected chi connectivity index (χ1v) is 20.9. The van der Waals surface area contributed by atoms with Gasteiger partial charge in [-0.3, -0.25) is 4.99 Å². The average Bonchev–Trinajstić information content (AvgIpc) is 3.35. The zero-order valence-electron chi connectivity index (χ0n) is 33.9. The molecular weight excluding hydrogens is 739 g/mol. The van der Waals surface area contributed by atoms with Gasteiger partial charge in [0.05, 0.1) is 34.5 Å². The van der Waals surface area contributed by atoms with Crippen molar-refractivity contribution in [2.75, 3.05) is 0 Å². The van der Waals surface area contributed by atoms with Crippen LogP contribution in [0, 0.1) is 5.92 Å². The highest BCUT2D eigenvalue weighted by Crippen LogP contribution is 2.42. The molecule has 2 unspecified atom stereocenters. The van der Waals surface area contributed by atoms with E-state index in [0.29, 0.717) is 0 Å². The van der Waals surface area contributed by atoms with Crippen molar-refractivity contribution < 1.29 is 0 Å². The molecule has 0 fully saturated rings. The van der Waals surface area contributed by atoms with Gasteiger partial charge >= 0.3 is 0 Å². The van der Waals surface area contributed by atoms with Crippen LogP contribution in [-0.4, -0.2) is 15.7 Å². The fourth-order valence-electron chi connectivity index (χ4n) is 8.43. The number of aliphatic imine (C=N–C) groups is 1. The zero-order chi connectivity index (χ0) is 41.0. The Bertz CT molecular complexity index is 2900. The molecule has 2 aromatic heterocycles. The van der Waals surface area contributed by atoms with Crippen LogP contribution in [0.25, 0.3) is 72.9 Å². The molecule has 3 nitrogen and oxygen atoms in total. The Morgan fingerprint density at radius 1 is 0.311 bits per heavy atom. The van der Waals surface area contributed by atoms with Gasteiger partial charge in [-0.1, -0.05) is 195 Å². The highest BCUT2D eigenvalue weighted by Gasteiger charge is 2.28. The molecule has 61 heavy (non-hydrogen) atoms. The number of dihydropyridines is 1. The van der Waals surface area contributed by atoms with Gasteiger partial charge in [0.25, 0.3) is 0 Å². The number of hydrogen-bond donors (Lipinski definition) is 0. The van der Waals surface area contributed by atoms with Crippen LogP contribution in [-0.2, 0) is 0 Å². The Morgan fingerprint density at radius 3 is 1.11 bits per heavy atom. The molecule has 0 aliphatic carbocycles. The summed E-state index contributed by atoms with van der Waals surface area (Å²) in [5.74, 6) is 0.129. The third kappa shape index (κ3) is 8.02. The van der Waals surface area contributed by atoms with Crippen LogP contribution < -0.4 is 0 Å². The molecular formula is C58H43N3. The molecule has 3 heteroatoms. The third-order valence-corrected chi connectivity index (χ3v) is 11.6. The maximum absolute atomic E-state index is 5.62. The number of pyridine rings is 2. The molecule has 0 saturated heterocycles. The van der Waals surface area contributed by atoms with Gasteiger partial charge in [0.1, 0.15) is 0 Å². The SMILES string of the molecule is CC1C(c2ccccc2)=CC(c2cccc(-c3cc(-c4ccccc4)nc(-c4ccccc4)c3)c2)=NC1c1cccc(-c2cc(-c3ccccc3)nc(-c3ccccc3)c2)c1. The van der Waals surface area contributed by atoms with Gasteiger partial charge in [-0.25, -0.2) is 9.97 Å². The Hall–Kier alpha value is -7.75. The summed E-state index contributed by atoms with van der Waals surface area (Å²) in [6, 6.07) is 79.0. The number of nitrogens with zero attached hydrogens (tertiary/aromatic N) is 3. The Balaban J connectivity index is 1.07. The Morgan fingerprint density at radius 2 is 0.672 bits per heavy atom. The van der Waals surface area contributed by atoms with E-state index in [1.54, 1.807) is 0 Å². The van der Waals surface area contributed by atoms with Crippen molar-refractivity contribution in [1.29, 1.82) is 0 Å². The van der Waals surface area contributed by atoms with Crippen molar-refractivity contribution in [3.05, 3.63) is 247 Å². The molecule has 10 rings (SSSR count). The molecule has 0 spiro atoms. The van der Waals surface area contributed by atoms with Crippen LogP contribution in [0.15, 0.2) is 236 Å². The van der Waals surface area contributed by atoms with E-state index in [0.717, 1.165) is 78.6 Å². The first-order chi connectivity index (χ1) is 30.1. The van der Waals surface area contributed by atoms with Gasteiger partial charge in [0, 0.05) is 33.7 Å². The first kappa shape index (κ1) is 37.5. The van der Waals surface area contributed by atoms with Crippen molar-refractivity contribution in [2.24, 2.45) is 10.9 Å². The van der Waals surface area contributed by atoms with Gasteiger partial charge in [0.2, 0.25) is 0 Å².